The van der Waals surface area contributed by atoms with Crippen LogP contribution in [0.4, 0.5) is 5.82 Å². The average Bonchev–Trinajstić information content (AvgIpc) is 2.56. The van der Waals surface area contributed by atoms with E-state index in [0.717, 1.165) is 25.9 Å². The van der Waals surface area contributed by atoms with Gasteiger partial charge in [-0.15, -0.1) is 0 Å². The summed E-state index contributed by atoms with van der Waals surface area (Å²) in [5, 5.41) is 0. The Morgan fingerprint density at radius 2 is 1.88 bits per heavy atom. The van der Waals surface area contributed by atoms with Crippen molar-refractivity contribution in [2.45, 2.75) is 25.7 Å². The number of likely N-dealkylation sites (tertiary alicyclic amines) is 1. The monoisotopic (exact) mass is 220 g/mol. The quantitative estimate of drug-likeness (QED) is 0.768. The number of anilines is 1. The molecular weight excluding hydrogens is 204 g/mol. The number of hydrogen-bond acceptors (Lipinski definition) is 4. The molecule has 1 aromatic rings. The highest BCUT2D eigenvalue weighted by Gasteiger charge is 2.18. The molecule has 0 saturated carbocycles. The van der Waals surface area contributed by atoms with Gasteiger partial charge in [-0.3, -0.25) is 9.78 Å². The first-order valence-corrected chi connectivity index (χ1v) is 5.64. The summed E-state index contributed by atoms with van der Waals surface area (Å²) in [6, 6.07) is 0. The van der Waals surface area contributed by atoms with Crippen molar-refractivity contribution in [1.82, 2.24) is 14.9 Å². The number of nitrogens with two attached hydrogens (primary N) is 1. The minimum atomic E-state index is -0.0540. The summed E-state index contributed by atoms with van der Waals surface area (Å²) in [6.07, 6.45) is 7.46. The van der Waals surface area contributed by atoms with Gasteiger partial charge in [0.2, 0.25) is 0 Å². The van der Waals surface area contributed by atoms with Crippen LogP contribution in [0, 0.1) is 0 Å². The highest BCUT2D eigenvalue weighted by atomic mass is 16.2. The van der Waals surface area contributed by atoms with E-state index in [1.54, 1.807) is 0 Å². The van der Waals surface area contributed by atoms with Crippen molar-refractivity contribution in [3.05, 3.63) is 18.1 Å². The van der Waals surface area contributed by atoms with Gasteiger partial charge < -0.3 is 10.6 Å². The lowest BCUT2D eigenvalue weighted by atomic mass is 10.2. The second kappa shape index (κ2) is 4.92. The molecule has 0 bridgehead atoms. The number of rotatable bonds is 1. The van der Waals surface area contributed by atoms with Crippen LogP contribution < -0.4 is 5.73 Å². The van der Waals surface area contributed by atoms with E-state index >= 15 is 0 Å². The molecule has 0 spiro atoms. The van der Waals surface area contributed by atoms with Crippen LogP contribution in [0.3, 0.4) is 0 Å². The third kappa shape index (κ3) is 2.48. The molecule has 0 aromatic carbocycles. The maximum absolute atomic E-state index is 12.1. The van der Waals surface area contributed by atoms with E-state index in [1.165, 1.54) is 25.2 Å². The molecule has 2 rings (SSSR count). The molecule has 86 valence electrons. The second-order valence-electron chi connectivity index (χ2n) is 4.04. The van der Waals surface area contributed by atoms with Crippen LogP contribution in [0.25, 0.3) is 0 Å². The van der Waals surface area contributed by atoms with Crippen LogP contribution in [0.15, 0.2) is 12.4 Å². The summed E-state index contributed by atoms with van der Waals surface area (Å²) in [6.45, 7) is 1.63. The van der Waals surface area contributed by atoms with Gasteiger partial charge in [0.1, 0.15) is 11.5 Å². The molecule has 1 amide bonds. The van der Waals surface area contributed by atoms with Crippen molar-refractivity contribution in [1.29, 1.82) is 0 Å². The van der Waals surface area contributed by atoms with Gasteiger partial charge in [0, 0.05) is 13.1 Å². The van der Waals surface area contributed by atoms with Crippen molar-refractivity contribution in [2.24, 2.45) is 0 Å². The standard InChI is InChI=1S/C11H16N4O/c12-10-8-13-7-9(14-10)11(16)15-5-3-1-2-4-6-15/h7-8H,1-6H2,(H2,12,14). The van der Waals surface area contributed by atoms with Gasteiger partial charge in [0.05, 0.1) is 12.4 Å². The minimum absolute atomic E-state index is 0.0540. The Bertz CT molecular complexity index is 372. The van der Waals surface area contributed by atoms with E-state index in [9.17, 15) is 4.79 Å². The van der Waals surface area contributed by atoms with E-state index in [0.29, 0.717) is 11.5 Å². The van der Waals surface area contributed by atoms with E-state index < -0.39 is 0 Å². The van der Waals surface area contributed by atoms with Gasteiger partial charge in [-0.05, 0) is 12.8 Å². The molecule has 1 aliphatic rings. The van der Waals surface area contributed by atoms with Crippen LogP contribution in [-0.2, 0) is 0 Å². The van der Waals surface area contributed by atoms with E-state index in [-0.39, 0.29) is 5.91 Å². The lowest BCUT2D eigenvalue weighted by Gasteiger charge is -2.19. The summed E-state index contributed by atoms with van der Waals surface area (Å²) in [5.41, 5.74) is 5.86. The number of nitrogen functional groups attached to an aromatic ring is 1. The predicted octanol–water partition coefficient (Wildman–Crippen LogP) is 1.07. The largest absolute Gasteiger partial charge is 0.382 e. The van der Waals surface area contributed by atoms with Crippen LogP contribution in [0.5, 0.6) is 0 Å². The van der Waals surface area contributed by atoms with E-state index in [2.05, 4.69) is 9.97 Å². The van der Waals surface area contributed by atoms with Crippen molar-refractivity contribution in [3.8, 4) is 0 Å². The topological polar surface area (TPSA) is 72.1 Å². The van der Waals surface area contributed by atoms with Gasteiger partial charge in [0.25, 0.3) is 5.91 Å². The van der Waals surface area contributed by atoms with Gasteiger partial charge in [0.15, 0.2) is 0 Å². The third-order valence-electron chi connectivity index (χ3n) is 2.77. The molecule has 0 unspecified atom stereocenters. The van der Waals surface area contributed by atoms with Crippen molar-refractivity contribution in [2.75, 3.05) is 18.8 Å². The van der Waals surface area contributed by atoms with Crippen LogP contribution in [0.2, 0.25) is 0 Å². The zero-order valence-electron chi connectivity index (χ0n) is 9.22. The molecule has 1 fully saturated rings. The van der Waals surface area contributed by atoms with Gasteiger partial charge in [-0.1, -0.05) is 12.8 Å². The summed E-state index contributed by atoms with van der Waals surface area (Å²) < 4.78 is 0. The first-order chi connectivity index (χ1) is 7.77. The van der Waals surface area contributed by atoms with Gasteiger partial charge in [-0.2, -0.15) is 0 Å². The molecule has 16 heavy (non-hydrogen) atoms. The number of aromatic nitrogens is 2. The summed E-state index contributed by atoms with van der Waals surface area (Å²) in [4.78, 5) is 21.8. The Labute approximate surface area is 94.7 Å². The fourth-order valence-corrected chi connectivity index (χ4v) is 1.92. The zero-order chi connectivity index (χ0) is 11.4. The molecule has 1 saturated heterocycles. The molecule has 0 aliphatic carbocycles. The molecule has 2 heterocycles. The number of amides is 1. The normalized spacial score (nSPS) is 16.9. The summed E-state index contributed by atoms with van der Waals surface area (Å²) >= 11 is 0. The fraction of sp³-hybridized carbons (Fsp3) is 0.545. The number of nitrogens with zero attached hydrogens (tertiary/aromatic N) is 3. The Kier molecular flexibility index (Phi) is 3.34. The van der Waals surface area contributed by atoms with Crippen LogP contribution >= 0.6 is 0 Å². The Balaban J connectivity index is 2.11. The van der Waals surface area contributed by atoms with Gasteiger partial charge in [-0.25, -0.2) is 4.98 Å². The van der Waals surface area contributed by atoms with Crippen molar-refractivity contribution >= 4 is 11.7 Å². The Hall–Kier alpha value is -1.65. The average molecular weight is 220 g/mol. The maximum atomic E-state index is 12.1. The van der Waals surface area contributed by atoms with Crippen LogP contribution in [0.1, 0.15) is 36.2 Å². The van der Waals surface area contributed by atoms with Crippen molar-refractivity contribution < 1.29 is 4.79 Å². The molecule has 2 N–H and O–H groups in total. The smallest absolute Gasteiger partial charge is 0.274 e. The second-order valence-corrected chi connectivity index (χ2v) is 4.04. The zero-order valence-corrected chi connectivity index (χ0v) is 9.22. The highest BCUT2D eigenvalue weighted by Crippen LogP contribution is 2.12. The summed E-state index contributed by atoms with van der Waals surface area (Å²) in [5.74, 6) is 0.238. The maximum Gasteiger partial charge on any atom is 0.274 e. The van der Waals surface area contributed by atoms with Crippen molar-refractivity contribution in [3.63, 3.8) is 0 Å². The molecule has 0 atom stereocenters. The molecule has 5 nitrogen and oxygen atoms in total. The lowest BCUT2D eigenvalue weighted by Crippen LogP contribution is -2.32. The molecule has 0 radical (unpaired) electrons. The minimum Gasteiger partial charge on any atom is -0.382 e. The Morgan fingerprint density at radius 3 is 2.50 bits per heavy atom. The molecule has 1 aliphatic heterocycles. The van der Waals surface area contributed by atoms with E-state index in [4.69, 9.17) is 5.73 Å². The fourth-order valence-electron chi connectivity index (χ4n) is 1.92. The van der Waals surface area contributed by atoms with E-state index in [1.807, 2.05) is 4.90 Å². The SMILES string of the molecule is Nc1cncc(C(=O)N2CCCCCC2)n1. The predicted molar refractivity (Wildman–Crippen MR) is 60.8 cm³/mol. The number of hydrogen-bond donors (Lipinski definition) is 1. The first-order valence-electron chi connectivity index (χ1n) is 5.64. The highest BCUT2D eigenvalue weighted by molar-refractivity contribution is 5.92. The third-order valence-corrected chi connectivity index (χ3v) is 2.77. The summed E-state index contributed by atoms with van der Waals surface area (Å²) in [7, 11) is 0. The Morgan fingerprint density at radius 1 is 1.19 bits per heavy atom. The number of carbonyl (C=O) groups is 1. The molecular formula is C11H16N4O. The van der Waals surface area contributed by atoms with Crippen LogP contribution in [-0.4, -0.2) is 33.9 Å². The number of carbonyl (C=O) groups excluding carboxylic acids is 1. The molecule has 5 heteroatoms. The lowest BCUT2D eigenvalue weighted by molar-refractivity contribution is 0.0755. The molecule has 1 aromatic heterocycles. The first kappa shape index (κ1) is 10.9. The van der Waals surface area contributed by atoms with Gasteiger partial charge >= 0.3 is 0 Å².